The summed E-state index contributed by atoms with van der Waals surface area (Å²) < 4.78 is 19.9. The van der Waals surface area contributed by atoms with Gasteiger partial charge in [-0.15, -0.1) is 0 Å². The Labute approximate surface area is 158 Å². The summed E-state index contributed by atoms with van der Waals surface area (Å²) in [6.45, 7) is 0. The first-order valence-corrected chi connectivity index (χ1v) is 12.2. The van der Waals surface area contributed by atoms with Gasteiger partial charge in [-0.05, 0) is 62.8 Å². The molecule has 3 saturated carbocycles. The van der Waals surface area contributed by atoms with Gasteiger partial charge in [-0.1, -0.05) is 48.8 Å². The van der Waals surface area contributed by atoms with Crippen LogP contribution in [-0.2, 0) is 4.18 Å². The van der Waals surface area contributed by atoms with Gasteiger partial charge >= 0.3 is 5.97 Å². The zero-order valence-electron chi connectivity index (χ0n) is 15.6. The van der Waals surface area contributed by atoms with Crippen molar-refractivity contribution < 1.29 is 13.4 Å². The maximum atomic E-state index is 13.3. The lowest BCUT2D eigenvalue weighted by Gasteiger charge is -2.52. The fourth-order valence-electron chi connectivity index (χ4n) is 5.56. The Hall–Kier alpha value is -1.03. The van der Waals surface area contributed by atoms with Gasteiger partial charge in [0.15, 0.2) is 0 Å². The van der Waals surface area contributed by atoms with E-state index in [2.05, 4.69) is 0 Å². The number of hydrogen-bond donors (Lipinski definition) is 0. The molecule has 4 heteroatoms. The van der Waals surface area contributed by atoms with Gasteiger partial charge in [0.2, 0.25) is 0 Å². The van der Waals surface area contributed by atoms with Crippen LogP contribution in [0.3, 0.4) is 0 Å². The van der Waals surface area contributed by atoms with Gasteiger partial charge in [0.05, 0.1) is 5.56 Å². The second kappa shape index (κ2) is 7.92. The zero-order valence-corrected chi connectivity index (χ0v) is 16.4. The van der Waals surface area contributed by atoms with Crippen LogP contribution in [-0.4, -0.2) is 21.7 Å². The molecule has 0 aromatic heterocycles. The highest BCUT2D eigenvalue weighted by Gasteiger charge is 2.51. The molecule has 3 aliphatic carbocycles. The van der Waals surface area contributed by atoms with E-state index in [1.165, 1.54) is 89.2 Å². The van der Waals surface area contributed by atoms with Crippen LogP contribution >= 0.6 is 10.3 Å². The van der Waals surface area contributed by atoms with Crippen LogP contribution in [0.4, 0.5) is 4.39 Å². The second-order valence-corrected chi connectivity index (χ2v) is 11.9. The standard InChI is InChI=1S/C22H31FO2S/c23-18-15-13-17(14-16-18)22(24)25-26(19-7-1-2-8-19,20-9-3-4-10-20)21-11-5-6-12-21/h13-16,19-21H,1-12H2. The summed E-state index contributed by atoms with van der Waals surface area (Å²) in [5, 5.41) is 1.79. The molecule has 2 nitrogen and oxygen atoms in total. The van der Waals surface area contributed by atoms with E-state index in [9.17, 15) is 9.18 Å². The Morgan fingerprint density at radius 3 is 1.54 bits per heavy atom. The molecule has 0 unspecified atom stereocenters. The summed E-state index contributed by atoms with van der Waals surface area (Å²) in [6.07, 6.45) is 15.1. The SMILES string of the molecule is O=C(OS(C1CCCC1)(C1CCCC1)C1CCCC1)c1ccc(F)cc1. The van der Waals surface area contributed by atoms with Gasteiger partial charge in [-0.3, -0.25) is 0 Å². The van der Waals surface area contributed by atoms with E-state index in [4.69, 9.17) is 4.18 Å². The molecule has 0 saturated heterocycles. The van der Waals surface area contributed by atoms with E-state index in [-0.39, 0.29) is 11.8 Å². The van der Waals surface area contributed by atoms with Crippen molar-refractivity contribution in [3.63, 3.8) is 0 Å². The van der Waals surface area contributed by atoms with E-state index < -0.39 is 10.3 Å². The lowest BCUT2D eigenvalue weighted by Crippen LogP contribution is -2.37. The van der Waals surface area contributed by atoms with Crippen molar-refractivity contribution in [1.82, 2.24) is 0 Å². The first-order chi connectivity index (χ1) is 12.7. The van der Waals surface area contributed by atoms with Crippen molar-refractivity contribution >= 4 is 16.3 Å². The monoisotopic (exact) mass is 378 g/mol. The van der Waals surface area contributed by atoms with Crippen LogP contribution in [0.5, 0.6) is 0 Å². The van der Waals surface area contributed by atoms with Crippen LogP contribution in [0, 0.1) is 5.82 Å². The van der Waals surface area contributed by atoms with Crippen LogP contribution in [0.1, 0.15) is 87.4 Å². The van der Waals surface area contributed by atoms with E-state index in [0.717, 1.165) is 0 Å². The average Bonchev–Trinajstić information content (AvgIpc) is 3.44. The minimum Gasteiger partial charge on any atom is -0.411 e. The fraction of sp³-hybridized carbons (Fsp3) is 0.682. The summed E-state index contributed by atoms with van der Waals surface area (Å²) in [5.74, 6) is -0.506. The minimum atomic E-state index is -1.43. The van der Waals surface area contributed by atoms with Crippen molar-refractivity contribution in [3.8, 4) is 0 Å². The van der Waals surface area contributed by atoms with E-state index >= 15 is 0 Å². The van der Waals surface area contributed by atoms with E-state index in [1.54, 1.807) is 12.1 Å². The lowest BCUT2D eigenvalue weighted by molar-refractivity contribution is 0.0751. The maximum Gasteiger partial charge on any atom is 0.348 e. The van der Waals surface area contributed by atoms with Gasteiger partial charge in [-0.2, -0.15) is 0 Å². The Balaban J connectivity index is 1.68. The first-order valence-electron chi connectivity index (χ1n) is 10.5. The summed E-state index contributed by atoms with van der Waals surface area (Å²) in [4.78, 5) is 13.1. The molecule has 0 atom stereocenters. The fourth-order valence-corrected chi connectivity index (χ4v) is 11.2. The summed E-state index contributed by atoms with van der Waals surface area (Å²) in [6, 6.07) is 5.91. The molecular formula is C22H31FO2S. The summed E-state index contributed by atoms with van der Waals surface area (Å²) in [5.41, 5.74) is 0.511. The quantitative estimate of drug-likeness (QED) is 0.582. The van der Waals surface area contributed by atoms with E-state index in [1.807, 2.05) is 0 Å². The molecule has 0 spiro atoms. The zero-order chi connectivity index (χ0) is 18.0. The summed E-state index contributed by atoms with van der Waals surface area (Å²) in [7, 11) is -1.43. The van der Waals surface area contributed by atoms with Crippen molar-refractivity contribution in [2.45, 2.75) is 92.8 Å². The van der Waals surface area contributed by atoms with Gasteiger partial charge in [-0.25, -0.2) is 9.18 Å². The maximum absolute atomic E-state index is 13.3. The third-order valence-corrected chi connectivity index (χ3v) is 11.7. The number of carbonyl (C=O) groups excluding carboxylic acids is 1. The molecule has 4 rings (SSSR count). The molecule has 0 heterocycles. The van der Waals surface area contributed by atoms with Crippen LogP contribution in [0.25, 0.3) is 0 Å². The lowest BCUT2D eigenvalue weighted by atomic mass is 10.2. The molecule has 0 amide bonds. The highest BCUT2D eigenvalue weighted by molar-refractivity contribution is 8.31. The first kappa shape index (κ1) is 18.3. The van der Waals surface area contributed by atoms with Crippen molar-refractivity contribution in [1.29, 1.82) is 0 Å². The average molecular weight is 379 g/mol. The molecule has 144 valence electrons. The molecule has 1 aromatic rings. The Kier molecular flexibility index (Phi) is 5.58. The predicted molar refractivity (Wildman–Crippen MR) is 106 cm³/mol. The molecule has 0 radical (unpaired) electrons. The van der Waals surface area contributed by atoms with Crippen LogP contribution in [0.2, 0.25) is 0 Å². The highest BCUT2D eigenvalue weighted by atomic mass is 32.3. The molecule has 0 N–H and O–H groups in total. The number of halogens is 1. The largest absolute Gasteiger partial charge is 0.411 e. The van der Waals surface area contributed by atoms with E-state index in [0.29, 0.717) is 21.3 Å². The molecule has 26 heavy (non-hydrogen) atoms. The number of rotatable bonds is 5. The van der Waals surface area contributed by atoms with Gasteiger partial charge in [0.1, 0.15) is 5.82 Å². The second-order valence-electron chi connectivity index (χ2n) is 8.29. The Bertz CT molecular complexity index is 571. The van der Waals surface area contributed by atoms with Crippen LogP contribution in [0.15, 0.2) is 24.3 Å². The molecule has 0 aliphatic heterocycles. The Morgan fingerprint density at radius 1 is 0.769 bits per heavy atom. The molecule has 3 aliphatic rings. The van der Waals surface area contributed by atoms with Crippen LogP contribution < -0.4 is 0 Å². The smallest absolute Gasteiger partial charge is 0.348 e. The number of carbonyl (C=O) groups is 1. The third kappa shape index (κ3) is 3.42. The molecule has 0 bridgehead atoms. The van der Waals surface area contributed by atoms with Crippen molar-refractivity contribution in [2.75, 3.05) is 0 Å². The normalized spacial score (nSPS) is 23.6. The topological polar surface area (TPSA) is 26.3 Å². The highest BCUT2D eigenvalue weighted by Crippen LogP contribution is 2.71. The number of benzene rings is 1. The van der Waals surface area contributed by atoms with Gasteiger partial charge in [0.25, 0.3) is 0 Å². The van der Waals surface area contributed by atoms with Gasteiger partial charge in [0, 0.05) is 15.7 Å². The third-order valence-electron chi connectivity index (χ3n) is 6.77. The molecule has 1 aromatic carbocycles. The van der Waals surface area contributed by atoms with Crippen molar-refractivity contribution in [2.24, 2.45) is 0 Å². The molecular weight excluding hydrogens is 347 g/mol. The van der Waals surface area contributed by atoms with Gasteiger partial charge < -0.3 is 4.18 Å². The minimum absolute atomic E-state index is 0.203. The number of hydrogen-bond acceptors (Lipinski definition) is 2. The Morgan fingerprint density at radius 2 is 1.15 bits per heavy atom. The molecule has 3 fully saturated rings. The predicted octanol–water partition coefficient (Wildman–Crippen LogP) is 6.53. The van der Waals surface area contributed by atoms with Crippen molar-refractivity contribution in [3.05, 3.63) is 35.6 Å². The summed E-state index contributed by atoms with van der Waals surface area (Å²) >= 11 is 0.